The lowest BCUT2D eigenvalue weighted by molar-refractivity contribution is -0.130. The molecule has 2 amide bonds. The molecule has 0 N–H and O–H groups in total. The van der Waals surface area contributed by atoms with Crippen molar-refractivity contribution in [1.82, 2.24) is 24.6 Å². The molecule has 3 heterocycles. The molecule has 0 saturated carbocycles. The fourth-order valence-electron chi connectivity index (χ4n) is 5.02. The van der Waals surface area contributed by atoms with Gasteiger partial charge in [-0.3, -0.25) is 14.2 Å². The average Bonchev–Trinajstić information content (AvgIpc) is 3.65. The molecule has 8 nitrogen and oxygen atoms in total. The largest absolute Gasteiger partial charge is 0.461 e. The third kappa shape index (κ3) is 5.99. The number of piperazine rings is 1. The number of aromatic nitrogens is 3. The van der Waals surface area contributed by atoms with Crippen LogP contribution in [-0.2, 0) is 11.2 Å². The van der Waals surface area contributed by atoms with Crippen LogP contribution in [-0.4, -0.2) is 67.8 Å². The number of rotatable bonds is 9. The Labute approximate surface area is 239 Å². The van der Waals surface area contributed by atoms with Crippen molar-refractivity contribution < 1.29 is 14.0 Å². The Morgan fingerprint density at radius 1 is 1.02 bits per heavy atom. The molecular formula is C31H35N5O3S. The fraction of sp³-hybridized carbons (Fsp3) is 0.355. The summed E-state index contributed by atoms with van der Waals surface area (Å²) >= 11 is 1.36. The number of aryl methyl sites for hydroxylation is 2. The van der Waals surface area contributed by atoms with Gasteiger partial charge in [-0.2, -0.15) is 0 Å². The number of hydrogen-bond donors (Lipinski definition) is 0. The minimum Gasteiger partial charge on any atom is -0.461 e. The highest BCUT2D eigenvalue weighted by Gasteiger charge is 2.30. The summed E-state index contributed by atoms with van der Waals surface area (Å²) in [6.07, 6.45) is 4.94. The van der Waals surface area contributed by atoms with Gasteiger partial charge in [-0.05, 0) is 68.1 Å². The van der Waals surface area contributed by atoms with Gasteiger partial charge in [0.05, 0.1) is 17.7 Å². The first-order valence-corrected chi connectivity index (χ1v) is 14.8. The monoisotopic (exact) mass is 557 g/mol. The zero-order chi connectivity index (χ0) is 28.1. The van der Waals surface area contributed by atoms with Gasteiger partial charge in [0.2, 0.25) is 11.7 Å². The van der Waals surface area contributed by atoms with Gasteiger partial charge in [-0.25, -0.2) is 0 Å². The number of benzene rings is 2. The Bertz CT molecular complexity index is 1450. The van der Waals surface area contributed by atoms with E-state index in [0.717, 1.165) is 30.5 Å². The van der Waals surface area contributed by atoms with Crippen molar-refractivity contribution in [3.63, 3.8) is 0 Å². The molecule has 2 aromatic heterocycles. The second-order valence-electron chi connectivity index (χ2n) is 10.2. The Morgan fingerprint density at radius 2 is 1.82 bits per heavy atom. The van der Waals surface area contributed by atoms with Crippen LogP contribution >= 0.6 is 11.8 Å². The first kappa shape index (κ1) is 27.7. The lowest BCUT2D eigenvalue weighted by Crippen LogP contribution is -2.55. The van der Waals surface area contributed by atoms with Crippen molar-refractivity contribution in [2.75, 3.05) is 25.4 Å². The molecule has 1 saturated heterocycles. The number of furan rings is 1. The van der Waals surface area contributed by atoms with Gasteiger partial charge in [0.25, 0.3) is 5.91 Å². The molecule has 1 aliphatic heterocycles. The first-order valence-electron chi connectivity index (χ1n) is 13.8. The summed E-state index contributed by atoms with van der Waals surface area (Å²) in [7, 11) is 0. The zero-order valence-electron chi connectivity index (χ0n) is 23.2. The number of unbranched alkanes of at least 4 members (excludes halogenated alkanes) is 1. The zero-order valence-corrected chi connectivity index (χ0v) is 24.1. The Kier molecular flexibility index (Phi) is 8.69. The second kappa shape index (κ2) is 12.6. The van der Waals surface area contributed by atoms with Gasteiger partial charge in [0.15, 0.2) is 10.9 Å². The number of thioether (sulfide) groups is 1. The minimum absolute atomic E-state index is 0.0168. The van der Waals surface area contributed by atoms with E-state index in [-0.39, 0.29) is 23.6 Å². The average molecular weight is 558 g/mol. The van der Waals surface area contributed by atoms with Crippen LogP contribution in [0.25, 0.3) is 17.3 Å². The van der Waals surface area contributed by atoms with E-state index < -0.39 is 0 Å². The number of hydrogen-bond acceptors (Lipinski definition) is 6. The summed E-state index contributed by atoms with van der Waals surface area (Å²) in [6, 6.07) is 19.5. The number of carbonyl (C=O) groups excluding carboxylic acids is 2. The number of nitrogens with zero attached hydrogens (tertiary/aromatic N) is 5. The van der Waals surface area contributed by atoms with Gasteiger partial charge in [0.1, 0.15) is 0 Å². The van der Waals surface area contributed by atoms with Crippen molar-refractivity contribution in [2.24, 2.45) is 0 Å². The lowest BCUT2D eigenvalue weighted by atomic mass is 10.0. The Morgan fingerprint density at radius 3 is 2.52 bits per heavy atom. The molecule has 208 valence electrons. The van der Waals surface area contributed by atoms with Crippen LogP contribution in [0.2, 0.25) is 0 Å². The molecule has 4 aromatic rings. The molecule has 1 atom stereocenters. The van der Waals surface area contributed by atoms with E-state index in [2.05, 4.69) is 29.3 Å². The van der Waals surface area contributed by atoms with E-state index in [4.69, 9.17) is 4.42 Å². The smallest absolute Gasteiger partial charge is 0.254 e. The molecule has 1 fully saturated rings. The fourth-order valence-corrected chi connectivity index (χ4v) is 5.87. The van der Waals surface area contributed by atoms with E-state index in [9.17, 15) is 9.59 Å². The highest BCUT2D eigenvalue weighted by atomic mass is 32.2. The van der Waals surface area contributed by atoms with E-state index in [1.165, 1.54) is 17.3 Å². The second-order valence-corrected chi connectivity index (χ2v) is 11.1. The number of carbonyl (C=O) groups is 2. The maximum atomic E-state index is 13.3. The summed E-state index contributed by atoms with van der Waals surface area (Å²) in [5.74, 6) is 1.46. The maximum Gasteiger partial charge on any atom is 0.254 e. The van der Waals surface area contributed by atoms with Crippen LogP contribution in [0.5, 0.6) is 0 Å². The molecule has 0 radical (unpaired) electrons. The van der Waals surface area contributed by atoms with Gasteiger partial charge in [-0.15, -0.1) is 10.2 Å². The summed E-state index contributed by atoms with van der Waals surface area (Å²) in [5.41, 5.74) is 3.96. The summed E-state index contributed by atoms with van der Waals surface area (Å²) in [5, 5.41) is 9.41. The van der Waals surface area contributed by atoms with Gasteiger partial charge < -0.3 is 14.2 Å². The third-order valence-electron chi connectivity index (χ3n) is 7.32. The van der Waals surface area contributed by atoms with Crippen LogP contribution in [0.15, 0.2) is 76.5 Å². The predicted octanol–water partition coefficient (Wildman–Crippen LogP) is 5.64. The quantitative estimate of drug-likeness (QED) is 0.248. The molecule has 5 rings (SSSR count). The molecule has 2 aromatic carbocycles. The molecule has 0 spiro atoms. The standard InChI is InChI=1S/C31H35N5O3S/c1-4-5-10-24-13-15-25(16-14-24)30(38)35-18-17-34(20-23(35)3)28(37)21-40-31-33-32-29(27-12-8-19-39-27)36(31)26-11-7-6-9-22(26)2/h6-9,11-16,19,23H,4-5,10,17-18,20-21H2,1-3H3. The van der Waals surface area contributed by atoms with E-state index in [1.807, 2.05) is 76.7 Å². The highest BCUT2D eigenvalue weighted by molar-refractivity contribution is 7.99. The van der Waals surface area contributed by atoms with Gasteiger partial charge >= 0.3 is 0 Å². The lowest BCUT2D eigenvalue weighted by Gasteiger charge is -2.40. The normalized spacial score (nSPS) is 15.4. The maximum absolute atomic E-state index is 13.3. The van der Waals surface area contributed by atoms with Crippen LogP contribution in [0.1, 0.15) is 48.2 Å². The Hall–Kier alpha value is -3.85. The minimum atomic E-state index is -0.0730. The van der Waals surface area contributed by atoms with Crippen LogP contribution in [0.3, 0.4) is 0 Å². The van der Waals surface area contributed by atoms with Crippen molar-refractivity contribution >= 4 is 23.6 Å². The highest BCUT2D eigenvalue weighted by Crippen LogP contribution is 2.30. The Balaban J connectivity index is 1.23. The molecular weight excluding hydrogens is 522 g/mol. The summed E-state index contributed by atoms with van der Waals surface area (Å²) in [6.45, 7) is 7.73. The van der Waals surface area contributed by atoms with Gasteiger partial charge in [0, 0.05) is 31.2 Å². The molecule has 40 heavy (non-hydrogen) atoms. The van der Waals surface area contributed by atoms with Crippen molar-refractivity contribution in [1.29, 1.82) is 0 Å². The number of amides is 2. The van der Waals surface area contributed by atoms with Gasteiger partial charge in [-0.1, -0.05) is 55.4 Å². The third-order valence-corrected chi connectivity index (χ3v) is 8.23. The molecule has 1 aliphatic rings. The van der Waals surface area contributed by atoms with E-state index in [0.29, 0.717) is 41.9 Å². The van der Waals surface area contributed by atoms with Crippen LogP contribution in [0.4, 0.5) is 0 Å². The molecule has 0 bridgehead atoms. The van der Waals surface area contributed by atoms with Crippen LogP contribution in [0, 0.1) is 6.92 Å². The molecule has 1 unspecified atom stereocenters. The van der Waals surface area contributed by atoms with Crippen molar-refractivity contribution in [3.8, 4) is 17.3 Å². The van der Waals surface area contributed by atoms with Crippen molar-refractivity contribution in [2.45, 2.75) is 51.2 Å². The van der Waals surface area contributed by atoms with E-state index in [1.54, 1.807) is 6.26 Å². The van der Waals surface area contributed by atoms with Crippen LogP contribution < -0.4 is 0 Å². The summed E-state index contributed by atoms with van der Waals surface area (Å²) < 4.78 is 7.55. The number of para-hydroxylation sites is 1. The first-order chi connectivity index (χ1) is 19.5. The molecule has 0 aliphatic carbocycles. The topological polar surface area (TPSA) is 84.5 Å². The predicted molar refractivity (Wildman–Crippen MR) is 157 cm³/mol. The molecule has 9 heteroatoms. The van der Waals surface area contributed by atoms with E-state index >= 15 is 0 Å². The van der Waals surface area contributed by atoms with Crippen molar-refractivity contribution in [3.05, 3.63) is 83.6 Å². The SMILES string of the molecule is CCCCc1ccc(C(=O)N2CCN(C(=O)CSc3nnc(-c4ccco4)n3-c3ccccc3C)CC2C)cc1. The summed E-state index contributed by atoms with van der Waals surface area (Å²) in [4.78, 5) is 30.2.